The highest BCUT2D eigenvalue weighted by atomic mass is 16.2. The van der Waals surface area contributed by atoms with Gasteiger partial charge in [-0.15, -0.1) is 0 Å². The molecule has 3 saturated carbocycles. The summed E-state index contributed by atoms with van der Waals surface area (Å²) < 4.78 is 0. The molecule has 5 rings (SSSR count). The number of carbonyl (C=O) groups excluding carboxylic acids is 1. The van der Waals surface area contributed by atoms with Crippen LogP contribution in [0.3, 0.4) is 0 Å². The first-order chi connectivity index (χ1) is 10.8. The summed E-state index contributed by atoms with van der Waals surface area (Å²) in [6, 6.07) is 6.03. The molecule has 0 spiro atoms. The van der Waals surface area contributed by atoms with Crippen molar-refractivity contribution in [3.05, 3.63) is 24.4 Å². The Balaban J connectivity index is 1.21. The molecule has 0 N–H and O–H groups in total. The average Bonchev–Trinajstić information content (AvgIpc) is 3.02. The number of aromatic nitrogens is 1. The number of amides is 1. The van der Waals surface area contributed by atoms with Gasteiger partial charge in [0.05, 0.1) is 0 Å². The molecule has 4 atom stereocenters. The summed E-state index contributed by atoms with van der Waals surface area (Å²) in [5.41, 5.74) is 0. The van der Waals surface area contributed by atoms with Gasteiger partial charge in [0.1, 0.15) is 5.82 Å². The normalized spacial score (nSPS) is 39.0. The Kier molecular flexibility index (Phi) is 2.76. The summed E-state index contributed by atoms with van der Waals surface area (Å²) in [4.78, 5) is 21.7. The van der Waals surface area contributed by atoms with E-state index in [1.165, 1.54) is 19.3 Å². The molecule has 4 fully saturated rings. The van der Waals surface area contributed by atoms with E-state index in [0.29, 0.717) is 11.8 Å². The van der Waals surface area contributed by atoms with E-state index >= 15 is 0 Å². The maximum absolute atomic E-state index is 12.8. The van der Waals surface area contributed by atoms with Crippen LogP contribution in [0, 0.1) is 29.6 Å². The second-order valence-electron chi connectivity index (χ2n) is 7.51. The van der Waals surface area contributed by atoms with Crippen LogP contribution in [0.5, 0.6) is 0 Å². The summed E-state index contributed by atoms with van der Waals surface area (Å²) in [6.45, 7) is 3.55. The molecule has 4 aliphatic rings. The molecule has 0 aromatic carbocycles. The van der Waals surface area contributed by atoms with Crippen molar-refractivity contribution in [1.82, 2.24) is 9.88 Å². The first kappa shape index (κ1) is 12.9. The number of fused-ring (bicyclic) bond motifs is 5. The first-order valence-electron chi connectivity index (χ1n) is 8.78. The van der Waals surface area contributed by atoms with Crippen molar-refractivity contribution in [2.75, 3.05) is 31.1 Å². The fraction of sp³-hybridized carbons (Fsp3) is 0.667. The third-order valence-corrected chi connectivity index (χ3v) is 6.59. The molecule has 4 nitrogen and oxygen atoms in total. The quantitative estimate of drug-likeness (QED) is 0.838. The van der Waals surface area contributed by atoms with Crippen molar-refractivity contribution >= 4 is 11.7 Å². The Morgan fingerprint density at radius 3 is 2.41 bits per heavy atom. The predicted molar refractivity (Wildman–Crippen MR) is 84.3 cm³/mol. The molecule has 1 aromatic heterocycles. The van der Waals surface area contributed by atoms with Crippen LogP contribution in [0.1, 0.15) is 19.3 Å². The van der Waals surface area contributed by atoms with Crippen LogP contribution in [0.15, 0.2) is 24.4 Å². The number of carbonyl (C=O) groups is 1. The maximum atomic E-state index is 12.8. The van der Waals surface area contributed by atoms with Crippen LogP contribution in [-0.4, -0.2) is 42.0 Å². The summed E-state index contributed by atoms with van der Waals surface area (Å²) in [5, 5.41) is 0. The third kappa shape index (κ3) is 1.82. The molecule has 1 aromatic rings. The van der Waals surface area contributed by atoms with Gasteiger partial charge in [-0.1, -0.05) is 6.07 Å². The van der Waals surface area contributed by atoms with Crippen LogP contribution < -0.4 is 4.90 Å². The number of anilines is 1. The molecular formula is C18H23N3O. The molecule has 1 saturated heterocycles. The lowest BCUT2D eigenvalue weighted by Gasteiger charge is -2.36. The van der Waals surface area contributed by atoms with Crippen LogP contribution >= 0.6 is 0 Å². The standard InChI is InChI=1S/C18H23N3O/c22-18(17-15-12-4-5-13(11-12)16(15)17)21-9-7-20(8-10-21)14-3-1-2-6-19-14/h1-3,6,12-13,15-17H,4-5,7-11H2. The maximum Gasteiger partial charge on any atom is 0.226 e. The van der Waals surface area contributed by atoms with E-state index in [0.717, 1.165) is 55.7 Å². The number of pyridine rings is 1. The van der Waals surface area contributed by atoms with Crippen LogP contribution in [0.2, 0.25) is 0 Å². The van der Waals surface area contributed by atoms with Gasteiger partial charge in [0.2, 0.25) is 5.91 Å². The van der Waals surface area contributed by atoms with E-state index in [1.54, 1.807) is 0 Å². The van der Waals surface area contributed by atoms with Gasteiger partial charge in [-0.05, 0) is 55.1 Å². The van der Waals surface area contributed by atoms with E-state index in [4.69, 9.17) is 0 Å². The topological polar surface area (TPSA) is 36.4 Å². The van der Waals surface area contributed by atoms with E-state index < -0.39 is 0 Å². The molecule has 22 heavy (non-hydrogen) atoms. The van der Waals surface area contributed by atoms with Crippen LogP contribution in [-0.2, 0) is 4.79 Å². The fourth-order valence-electron chi connectivity index (χ4n) is 5.56. The predicted octanol–water partition coefficient (Wildman–Crippen LogP) is 2.02. The zero-order chi connectivity index (χ0) is 14.7. The SMILES string of the molecule is O=C(C1C2C3CCC(C3)C12)N1CCN(c2ccccn2)CC1. The van der Waals surface area contributed by atoms with Gasteiger partial charge in [-0.3, -0.25) is 4.79 Å². The second kappa shape index (κ2) is 4.71. The van der Waals surface area contributed by atoms with Crippen molar-refractivity contribution in [2.24, 2.45) is 29.6 Å². The Morgan fingerprint density at radius 2 is 1.77 bits per heavy atom. The Morgan fingerprint density at radius 1 is 1.05 bits per heavy atom. The minimum absolute atomic E-state index is 0.396. The lowest BCUT2D eigenvalue weighted by molar-refractivity contribution is -0.134. The lowest BCUT2D eigenvalue weighted by atomic mass is 10.0. The van der Waals surface area contributed by atoms with Gasteiger partial charge in [0.25, 0.3) is 0 Å². The number of piperazine rings is 1. The Hall–Kier alpha value is -1.58. The van der Waals surface area contributed by atoms with Gasteiger partial charge in [0.15, 0.2) is 0 Å². The first-order valence-corrected chi connectivity index (χ1v) is 8.78. The number of nitrogens with zero attached hydrogens (tertiary/aromatic N) is 3. The summed E-state index contributed by atoms with van der Waals surface area (Å²) in [7, 11) is 0. The van der Waals surface area contributed by atoms with Crippen LogP contribution in [0.25, 0.3) is 0 Å². The minimum Gasteiger partial charge on any atom is -0.353 e. The van der Waals surface area contributed by atoms with Crippen molar-refractivity contribution in [3.8, 4) is 0 Å². The minimum atomic E-state index is 0.396. The molecular weight excluding hydrogens is 274 g/mol. The number of hydrogen-bond donors (Lipinski definition) is 0. The second-order valence-corrected chi connectivity index (χ2v) is 7.51. The van der Waals surface area contributed by atoms with E-state index in [1.807, 2.05) is 18.3 Å². The van der Waals surface area contributed by atoms with Gasteiger partial charge in [-0.25, -0.2) is 4.98 Å². The van der Waals surface area contributed by atoms with E-state index in [9.17, 15) is 4.79 Å². The summed E-state index contributed by atoms with van der Waals surface area (Å²) >= 11 is 0. The fourth-order valence-corrected chi connectivity index (χ4v) is 5.56. The van der Waals surface area contributed by atoms with Crippen molar-refractivity contribution in [1.29, 1.82) is 0 Å². The Bertz CT molecular complexity index is 565. The van der Waals surface area contributed by atoms with Crippen molar-refractivity contribution in [3.63, 3.8) is 0 Å². The molecule has 116 valence electrons. The van der Waals surface area contributed by atoms with E-state index in [-0.39, 0.29) is 0 Å². The van der Waals surface area contributed by atoms with Crippen molar-refractivity contribution in [2.45, 2.75) is 19.3 Å². The third-order valence-electron chi connectivity index (χ3n) is 6.59. The highest BCUT2D eigenvalue weighted by Crippen LogP contribution is 2.69. The average molecular weight is 297 g/mol. The molecule has 1 amide bonds. The molecule has 0 radical (unpaired) electrons. The summed E-state index contributed by atoms with van der Waals surface area (Å²) in [5.74, 6) is 5.20. The number of rotatable bonds is 2. The molecule has 2 bridgehead atoms. The summed E-state index contributed by atoms with van der Waals surface area (Å²) in [6.07, 6.45) is 6.05. The molecule has 4 unspecified atom stereocenters. The zero-order valence-corrected chi connectivity index (χ0v) is 12.9. The zero-order valence-electron chi connectivity index (χ0n) is 12.9. The largest absolute Gasteiger partial charge is 0.353 e. The smallest absolute Gasteiger partial charge is 0.226 e. The van der Waals surface area contributed by atoms with Gasteiger partial charge in [-0.2, -0.15) is 0 Å². The molecule has 4 heteroatoms. The monoisotopic (exact) mass is 297 g/mol. The molecule has 3 aliphatic carbocycles. The number of hydrogen-bond acceptors (Lipinski definition) is 3. The van der Waals surface area contributed by atoms with E-state index in [2.05, 4.69) is 20.9 Å². The molecule has 2 heterocycles. The highest BCUT2D eigenvalue weighted by Gasteiger charge is 2.67. The highest BCUT2D eigenvalue weighted by molar-refractivity contribution is 5.83. The van der Waals surface area contributed by atoms with Crippen LogP contribution in [0.4, 0.5) is 5.82 Å². The molecule has 1 aliphatic heterocycles. The Labute approximate surface area is 131 Å². The van der Waals surface area contributed by atoms with Crippen molar-refractivity contribution < 1.29 is 4.79 Å². The lowest BCUT2D eigenvalue weighted by Crippen LogP contribution is -2.49. The van der Waals surface area contributed by atoms with Gasteiger partial charge >= 0.3 is 0 Å². The van der Waals surface area contributed by atoms with Gasteiger partial charge in [0, 0.05) is 38.3 Å². The van der Waals surface area contributed by atoms with Gasteiger partial charge < -0.3 is 9.80 Å².